The van der Waals surface area contributed by atoms with E-state index >= 15 is 0 Å². The SMILES string of the molecule is NC1(CC(=O)Nc2cccc(O)c2)CCCC1. The van der Waals surface area contributed by atoms with Gasteiger partial charge in [0.15, 0.2) is 0 Å². The van der Waals surface area contributed by atoms with Crippen LogP contribution < -0.4 is 11.1 Å². The van der Waals surface area contributed by atoms with Crippen LogP contribution in [0.3, 0.4) is 0 Å². The first-order valence-electron chi connectivity index (χ1n) is 5.95. The molecule has 0 unspecified atom stereocenters. The van der Waals surface area contributed by atoms with Crippen molar-refractivity contribution in [2.24, 2.45) is 5.73 Å². The third-order valence-corrected chi connectivity index (χ3v) is 3.24. The summed E-state index contributed by atoms with van der Waals surface area (Å²) in [4.78, 5) is 11.8. The number of aromatic hydroxyl groups is 1. The summed E-state index contributed by atoms with van der Waals surface area (Å²) in [5.74, 6) is 0.0612. The Morgan fingerprint density at radius 2 is 2.12 bits per heavy atom. The van der Waals surface area contributed by atoms with Crippen LogP contribution in [-0.4, -0.2) is 16.6 Å². The molecule has 0 radical (unpaired) electrons. The van der Waals surface area contributed by atoms with Crippen molar-refractivity contribution in [2.75, 3.05) is 5.32 Å². The summed E-state index contributed by atoms with van der Waals surface area (Å²) in [7, 11) is 0. The predicted octanol–water partition coefficient (Wildman–Crippen LogP) is 1.99. The number of hydrogen-bond donors (Lipinski definition) is 3. The van der Waals surface area contributed by atoms with Gasteiger partial charge < -0.3 is 16.2 Å². The number of carbonyl (C=O) groups is 1. The molecule has 0 atom stereocenters. The van der Waals surface area contributed by atoms with Gasteiger partial charge in [0.05, 0.1) is 0 Å². The molecule has 1 saturated carbocycles. The van der Waals surface area contributed by atoms with E-state index in [9.17, 15) is 9.90 Å². The van der Waals surface area contributed by atoms with Gasteiger partial charge in [0.25, 0.3) is 0 Å². The number of nitrogens with two attached hydrogens (primary N) is 1. The van der Waals surface area contributed by atoms with Gasteiger partial charge in [0, 0.05) is 23.7 Å². The fourth-order valence-corrected chi connectivity index (χ4v) is 2.36. The summed E-state index contributed by atoms with van der Waals surface area (Å²) in [6, 6.07) is 6.53. The molecular formula is C13H18N2O2. The minimum absolute atomic E-state index is 0.0833. The van der Waals surface area contributed by atoms with Crippen molar-refractivity contribution < 1.29 is 9.90 Å². The second-order valence-electron chi connectivity index (χ2n) is 4.84. The summed E-state index contributed by atoms with van der Waals surface area (Å²) < 4.78 is 0. The quantitative estimate of drug-likeness (QED) is 0.748. The monoisotopic (exact) mass is 234 g/mol. The number of nitrogens with one attached hydrogen (secondary N) is 1. The van der Waals surface area contributed by atoms with Gasteiger partial charge in [-0.25, -0.2) is 0 Å². The van der Waals surface area contributed by atoms with Gasteiger partial charge in [-0.15, -0.1) is 0 Å². The van der Waals surface area contributed by atoms with Gasteiger partial charge >= 0.3 is 0 Å². The third kappa shape index (κ3) is 3.20. The number of amides is 1. The van der Waals surface area contributed by atoms with Crippen LogP contribution in [0.2, 0.25) is 0 Å². The molecule has 92 valence electrons. The maximum absolute atomic E-state index is 11.8. The molecule has 4 N–H and O–H groups in total. The molecule has 0 aromatic heterocycles. The fraction of sp³-hybridized carbons (Fsp3) is 0.462. The zero-order valence-electron chi connectivity index (χ0n) is 9.78. The van der Waals surface area contributed by atoms with E-state index in [2.05, 4.69) is 5.32 Å². The minimum Gasteiger partial charge on any atom is -0.508 e. The minimum atomic E-state index is -0.332. The van der Waals surface area contributed by atoms with Gasteiger partial charge in [-0.3, -0.25) is 4.79 Å². The molecule has 0 aliphatic heterocycles. The molecule has 1 aliphatic rings. The van der Waals surface area contributed by atoms with Gasteiger partial charge in [0.2, 0.25) is 5.91 Å². The number of rotatable bonds is 3. The van der Waals surface area contributed by atoms with Crippen molar-refractivity contribution in [3.8, 4) is 5.75 Å². The number of phenolic OH excluding ortho intramolecular Hbond substituents is 1. The Morgan fingerprint density at radius 3 is 2.76 bits per heavy atom. The average Bonchev–Trinajstić information content (AvgIpc) is 2.64. The highest BCUT2D eigenvalue weighted by molar-refractivity contribution is 5.91. The zero-order valence-corrected chi connectivity index (χ0v) is 9.78. The van der Waals surface area contributed by atoms with Crippen LogP contribution >= 0.6 is 0 Å². The lowest BCUT2D eigenvalue weighted by Gasteiger charge is -2.22. The summed E-state index contributed by atoms with van der Waals surface area (Å²) >= 11 is 0. The van der Waals surface area contributed by atoms with E-state index in [1.165, 1.54) is 6.07 Å². The Labute approximate surface area is 101 Å². The topological polar surface area (TPSA) is 75.4 Å². The number of benzene rings is 1. The molecule has 1 aromatic carbocycles. The summed E-state index contributed by atoms with van der Waals surface area (Å²) in [6.45, 7) is 0. The average molecular weight is 234 g/mol. The van der Waals surface area contributed by atoms with Crippen LogP contribution in [0.25, 0.3) is 0 Å². The lowest BCUT2D eigenvalue weighted by molar-refractivity contribution is -0.117. The van der Waals surface area contributed by atoms with E-state index in [4.69, 9.17) is 5.73 Å². The Hall–Kier alpha value is -1.55. The van der Waals surface area contributed by atoms with Gasteiger partial charge in [-0.1, -0.05) is 18.9 Å². The molecule has 1 amide bonds. The molecule has 2 rings (SSSR count). The van der Waals surface area contributed by atoms with E-state index in [1.807, 2.05) is 0 Å². The smallest absolute Gasteiger partial charge is 0.226 e. The lowest BCUT2D eigenvalue weighted by Crippen LogP contribution is -2.40. The maximum atomic E-state index is 11.8. The normalized spacial score (nSPS) is 17.9. The van der Waals surface area contributed by atoms with Crippen molar-refractivity contribution in [1.82, 2.24) is 0 Å². The number of anilines is 1. The first-order chi connectivity index (χ1) is 8.07. The molecule has 4 heteroatoms. The zero-order chi connectivity index (χ0) is 12.3. The highest BCUT2D eigenvalue weighted by Crippen LogP contribution is 2.30. The molecule has 0 saturated heterocycles. The molecule has 1 aromatic rings. The standard InChI is InChI=1S/C13H18N2O2/c14-13(6-1-2-7-13)9-12(17)15-10-4-3-5-11(16)8-10/h3-5,8,16H,1-2,6-7,9,14H2,(H,15,17). The Morgan fingerprint density at radius 1 is 1.41 bits per heavy atom. The number of carbonyl (C=O) groups excluding carboxylic acids is 1. The summed E-state index contributed by atoms with van der Waals surface area (Å²) in [5, 5.41) is 12.0. The van der Waals surface area contributed by atoms with E-state index in [0.717, 1.165) is 25.7 Å². The molecule has 17 heavy (non-hydrogen) atoms. The van der Waals surface area contributed by atoms with Crippen LogP contribution in [0.5, 0.6) is 5.75 Å². The maximum Gasteiger partial charge on any atom is 0.226 e. The highest BCUT2D eigenvalue weighted by Gasteiger charge is 2.31. The molecule has 0 bridgehead atoms. The largest absolute Gasteiger partial charge is 0.508 e. The van der Waals surface area contributed by atoms with Crippen molar-refractivity contribution in [1.29, 1.82) is 0 Å². The summed E-state index contributed by atoms with van der Waals surface area (Å²) in [5.41, 5.74) is 6.41. The van der Waals surface area contributed by atoms with Gasteiger partial charge in [-0.2, -0.15) is 0 Å². The molecule has 4 nitrogen and oxygen atoms in total. The van der Waals surface area contributed by atoms with Crippen LogP contribution in [-0.2, 0) is 4.79 Å². The molecule has 0 spiro atoms. The highest BCUT2D eigenvalue weighted by atomic mass is 16.3. The number of hydrogen-bond acceptors (Lipinski definition) is 3. The molecule has 1 fully saturated rings. The Bertz CT molecular complexity index is 412. The Balaban J connectivity index is 1.93. The summed E-state index contributed by atoms with van der Waals surface area (Å²) in [6.07, 6.45) is 4.40. The van der Waals surface area contributed by atoms with E-state index in [-0.39, 0.29) is 17.2 Å². The first-order valence-corrected chi connectivity index (χ1v) is 5.95. The van der Waals surface area contributed by atoms with Crippen molar-refractivity contribution in [3.63, 3.8) is 0 Å². The van der Waals surface area contributed by atoms with E-state index in [0.29, 0.717) is 12.1 Å². The molecular weight excluding hydrogens is 216 g/mol. The van der Waals surface area contributed by atoms with Crippen LogP contribution in [0, 0.1) is 0 Å². The van der Waals surface area contributed by atoms with Crippen LogP contribution in [0.4, 0.5) is 5.69 Å². The second kappa shape index (κ2) is 4.75. The third-order valence-electron chi connectivity index (χ3n) is 3.24. The van der Waals surface area contributed by atoms with Crippen molar-refractivity contribution >= 4 is 11.6 Å². The second-order valence-corrected chi connectivity index (χ2v) is 4.84. The molecule has 0 heterocycles. The molecule has 1 aliphatic carbocycles. The Kier molecular flexibility index (Phi) is 3.33. The van der Waals surface area contributed by atoms with Crippen molar-refractivity contribution in [3.05, 3.63) is 24.3 Å². The fourth-order valence-electron chi connectivity index (χ4n) is 2.36. The van der Waals surface area contributed by atoms with Crippen LogP contribution in [0.15, 0.2) is 24.3 Å². The van der Waals surface area contributed by atoms with Gasteiger partial charge in [0.1, 0.15) is 5.75 Å². The predicted molar refractivity (Wildman–Crippen MR) is 66.7 cm³/mol. The number of phenols is 1. The van der Waals surface area contributed by atoms with Gasteiger partial charge in [-0.05, 0) is 25.0 Å². The first kappa shape index (κ1) is 11.9. The van der Waals surface area contributed by atoms with Crippen LogP contribution in [0.1, 0.15) is 32.1 Å². The van der Waals surface area contributed by atoms with Crippen molar-refractivity contribution in [2.45, 2.75) is 37.6 Å². The van der Waals surface area contributed by atoms with E-state index in [1.54, 1.807) is 18.2 Å². The lowest BCUT2D eigenvalue weighted by atomic mass is 9.94. The van der Waals surface area contributed by atoms with E-state index < -0.39 is 0 Å².